The average molecular weight is 421 g/mol. The van der Waals surface area contributed by atoms with Crippen molar-refractivity contribution in [2.24, 2.45) is 0 Å². The Hall–Kier alpha value is -2.69. The number of ether oxygens (including phenoxy) is 2. The van der Waals surface area contributed by atoms with Crippen LogP contribution in [-0.4, -0.2) is 51.1 Å². The maximum Gasteiger partial charge on any atom is 0.293 e. The summed E-state index contributed by atoms with van der Waals surface area (Å²) >= 11 is 0. The first-order chi connectivity index (χ1) is 13.8. The third-order valence-corrected chi connectivity index (χ3v) is 6.65. The number of nitro benzene ring substituents is 1. The van der Waals surface area contributed by atoms with Crippen molar-refractivity contribution in [2.45, 2.75) is 17.9 Å². The van der Waals surface area contributed by atoms with Crippen LogP contribution in [-0.2, 0) is 14.8 Å². The fourth-order valence-corrected chi connectivity index (χ4v) is 4.64. The zero-order chi connectivity index (χ0) is 21.0. The molecule has 1 atom stereocenters. The van der Waals surface area contributed by atoms with Crippen molar-refractivity contribution in [1.29, 1.82) is 0 Å². The lowest BCUT2D eigenvalue weighted by Crippen LogP contribution is -2.40. The minimum atomic E-state index is -3.83. The van der Waals surface area contributed by atoms with Gasteiger partial charge in [0, 0.05) is 24.7 Å². The summed E-state index contributed by atoms with van der Waals surface area (Å²) in [7, 11) is -2.27. The van der Waals surface area contributed by atoms with E-state index in [1.165, 1.54) is 16.4 Å². The summed E-state index contributed by atoms with van der Waals surface area (Å²) in [5.74, 6) is 0.654. The number of methoxy groups -OCH3 is 1. The van der Waals surface area contributed by atoms with Gasteiger partial charge in [-0.05, 0) is 25.1 Å². The molecular formula is C19H23N3O6S. The molecule has 1 N–H and O–H groups in total. The highest BCUT2D eigenvalue weighted by atomic mass is 32.2. The second-order valence-electron chi connectivity index (χ2n) is 6.56. The van der Waals surface area contributed by atoms with Crippen molar-refractivity contribution in [2.75, 3.05) is 38.7 Å². The lowest BCUT2D eigenvalue weighted by atomic mass is 10.1. The second-order valence-corrected chi connectivity index (χ2v) is 8.50. The van der Waals surface area contributed by atoms with E-state index in [2.05, 4.69) is 5.32 Å². The average Bonchev–Trinajstić information content (AvgIpc) is 2.74. The van der Waals surface area contributed by atoms with Crippen LogP contribution in [0.4, 0.5) is 11.4 Å². The van der Waals surface area contributed by atoms with Gasteiger partial charge in [-0.25, -0.2) is 8.42 Å². The number of nitro groups is 1. The molecule has 0 bridgehead atoms. The Balaban J connectivity index is 1.91. The lowest BCUT2D eigenvalue weighted by Gasteiger charge is -2.26. The Labute approximate surface area is 169 Å². The monoisotopic (exact) mass is 421 g/mol. The van der Waals surface area contributed by atoms with Crippen molar-refractivity contribution in [3.8, 4) is 5.75 Å². The Morgan fingerprint density at radius 1 is 1.21 bits per heavy atom. The zero-order valence-corrected chi connectivity index (χ0v) is 17.0. The predicted octanol–water partition coefficient (Wildman–Crippen LogP) is 2.80. The SMILES string of the molecule is COc1ccccc1[C@@H](C)Nc1ccc(S(=O)(=O)N2CCOCC2)cc1[N+](=O)[O-]. The van der Waals surface area contributed by atoms with Gasteiger partial charge in [-0.15, -0.1) is 0 Å². The Morgan fingerprint density at radius 3 is 2.55 bits per heavy atom. The molecule has 3 rings (SSSR count). The molecule has 2 aromatic rings. The molecule has 1 heterocycles. The highest BCUT2D eigenvalue weighted by Crippen LogP contribution is 2.33. The normalized spacial score (nSPS) is 16.2. The summed E-state index contributed by atoms with van der Waals surface area (Å²) in [6.07, 6.45) is 0. The van der Waals surface area contributed by atoms with E-state index in [4.69, 9.17) is 9.47 Å². The van der Waals surface area contributed by atoms with Crippen LogP contribution in [0.3, 0.4) is 0 Å². The third-order valence-electron chi connectivity index (χ3n) is 4.75. The molecule has 1 fully saturated rings. The van der Waals surface area contributed by atoms with E-state index >= 15 is 0 Å². The van der Waals surface area contributed by atoms with Gasteiger partial charge in [-0.2, -0.15) is 4.31 Å². The smallest absolute Gasteiger partial charge is 0.293 e. The zero-order valence-electron chi connectivity index (χ0n) is 16.2. The maximum absolute atomic E-state index is 12.8. The van der Waals surface area contributed by atoms with Crippen LogP contribution in [0.25, 0.3) is 0 Å². The van der Waals surface area contributed by atoms with Gasteiger partial charge in [-0.3, -0.25) is 10.1 Å². The van der Waals surface area contributed by atoms with E-state index in [9.17, 15) is 18.5 Å². The van der Waals surface area contributed by atoms with Crippen LogP contribution in [0.5, 0.6) is 5.75 Å². The highest BCUT2D eigenvalue weighted by molar-refractivity contribution is 7.89. The predicted molar refractivity (Wildman–Crippen MR) is 108 cm³/mol. The number of hydrogen-bond donors (Lipinski definition) is 1. The fraction of sp³-hybridized carbons (Fsp3) is 0.368. The largest absolute Gasteiger partial charge is 0.496 e. The third kappa shape index (κ3) is 4.50. The van der Waals surface area contributed by atoms with Crippen LogP contribution in [0.2, 0.25) is 0 Å². The molecular weight excluding hydrogens is 398 g/mol. The first-order valence-electron chi connectivity index (χ1n) is 9.10. The number of rotatable bonds is 7. The Kier molecular flexibility index (Phi) is 6.36. The molecule has 0 unspecified atom stereocenters. The molecule has 0 spiro atoms. The van der Waals surface area contributed by atoms with Gasteiger partial charge in [0.1, 0.15) is 11.4 Å². The summed E-state index contributed by atoms with van der Waals surface area (Å²) in [5, 5.41) is 14.7. The molecule has 1 aliphatic heterocycles. The molecule has 0 aliphatic carbocycles. The van der Waals surface area contributed by atoms with Gasteiger partial charge in [0.25, 0.3) is 5.69 Å². The summed E-state index contributed by atoms with van der Waals surface area (Å²) in [5.41, 5.74) is 0.754. The van der Waals surface area contributed by atoms with Crippen molar-refractivity contribution >= 4 is 21.4 Å². The van der Waals surface area contributed by atoms with Crippen LogP contribution in [0, 0.1) is 10.1 Å². The minimum Gasteiger partial charge on any atom is -0.496 e. The van der Waals surface area contributed by atoms with Crippen molar-refractivity contribution in [1.82, 2.24) is 4.31 Å². The number of anilines is 1. The summed E-state index contributed by atoms with van der Waals surface area (Å²) < 4.78 is 37.4. The van der Waals surface area contributed by atoms with Gasteiger partial charge < -0.3 is 14.8 Å². The summed E-state index contributed by atoms with van der Waals surface area (Å²) in [6.45, 7) is 2.90. The van der Waals surface area contributed by atoms with Crippen LogP contribution in [0.1, 0.15) is 18.5 Å². The Bertz CT molecular complexity index is 989. The topological polar surface area (TPSA) is 111 Å². The van der Waals surface area contributed by atoms with Gasteiger partial charge in [0.15, 0.2) is 0 Å². The molecule has 9 nitrogen and oxygen atoms in total. The second kappa shape index (κ2) is 8.76. The number of para-hydroxylation sites is 1. The van der Waals surface area contributed by atoms with E-state index in [1.54, 1.807) is 13.2 Å². The molecule has 0 saturated carbocycles. The number of nitrogens with one attached hydrogen (secondary N) is 1. The quantitative estimate of drug-likeness (QED) is 0.540. The molecule has 29 heavy (non-hydrogen) atoms. The standard InChI is InChI=1S/C19H23N3O6S/c1-14(16-5-3-4-6-19(16)27-2)20-17-8-7-15(13-18(17)22(23)24)29(25,26)21-9-11-28-12-10-21/h3-8,13-14,20H,9-12H2,1-2H3/t14-/m1/s1. The van der Waals surface area contributed by atoms with Gasteiger partial charge in [0.2, 0.25) is 10.0 Å². The highest BCUT2D eigenvalue weighted by Gasteiger charge is 2.29. The molecule has 0 amide bonds. The van der Waals surface area contributed by atoms with E-state index < -0.39 is 14.9 Å². The van der Waals surface area contributed by atoms with E-state index in [0.717, 1.165) is 11.6 Å². The first kappa shape index (κ1) is 21.0. The van der Waals surface area contributed by atoms with Crippen molar-refractivity contribution in [3.63, 3.8) is 0 Å². The van der Waals surface area contributed by atoms with Gasteiger partial charge in [0.05, 0.1) is 36.2 Å². The van der Waals surface area contributed by atoms with E-state index in [1.807, 2.05) is 25.1 Å². The fourth-order valence-electron chi connectivity index (χ4n) is 3.22. The minimum absolute atomic E-state index is 0.110. The number of sulfonamides is 1. The molecule has 156 valence electrons. The molecule has 0 aromatic heterocycles. The van der Waals surface area contributed by atoms with E-state index in [-0.39, 0.29) is 35.4 Å². The maximum atomic E-state index is 12.8. The van der Waals surface area contributed by atoms with Crippen LogP contribution >= 0.6 is 0 Å². The van der Waals surface area contributed by atoms with Crippen LogP contribution in [0.15, 0.2) is 47.4 Å². The van der Waals surface area contributed by atoms with Crippen molar-refractivity contribution < 1.29 is 22.8 Å². The van der Waals surface area contributed by atoms with E-state index in [0.29, 0.717) is 19.0 Å². The molecule has 1 aliphatic rings. The molecule has 0 radical (unpaired) electrons. The summed E-state index contributed by atoms with van der Waals surface area (Å²) in [4.78, 5) is 10.9. The number of nitrogens with zero attached hydrogens (tertiary/aromatic N) is 2. The first-order valence-corrected chi connectivity index (χ1v) is 10.5. The molecule has 2 aromatic carbocycles. The van der Waals surface area contributed by atoms with Crippen molar-refractivity contribution in [3.05, 3.63) is 58.1 Å². The molecule has 1 saturated heterocycles. The van der Waals surface area contributed by atoms with Gasteiger partial charge in [-0.1, -0.05) is 18.2 Å². The lowest BCUT2D eigenvalue weighted by molar-refractivity contribution is -0.384. The molecule has 10 heteroatoms. The van der Waals surface area contributed by atoms with Gasteiger partial charge >= 0.3 is 0 Å². The van der Waals surface area contributed by atoms with Crippen LogP contribution < -0.4 is 10.1 Å². The number of benzene rings is 2. The summed E-state index contributed by atoms with van der Waals surface area (Å²) in [6, 6.07) is 11.0. The number of hydrogen-bond acceptors (Lipinski definition) is 7. The Morgan fingerprint density at radius 2 is 1.90 bits per heavy atom. The number of morpholine rings is 1.